The van der Waals surface area contributed by atoms with Crippen LogP contribution in [0.2, 0.25) is 0 Å². The number of pyridine rings is 1. The van der Waals surface area contributed by atoms with Gasteiger partial charge in [0.15, 0.2) is 11.6 Å². The highest BCUT2D eigenvalue weighted by atomic mass is 32.1. The molecule has 138 valence electrons. The van der Waals surface area contributed by atoms with Gasteiger partial charge in [0.2, 0.25) is 0 Å². The molecular weight excluding hydrogens is 365 g/mol. The van der Waals surface area contributed by atoms with Gasteiger partial charge in [-0.05, 0) is 36.7 Å². The zero-order chi connectivity index (χ0) is 18.8. The molecule has 7 heteroatoms. The number of carbonyl (C=O) groups is 1. The molecule has 3 aromatic rings. The first-order valence-corrected chi connectivity index (χ1v) is 9.45. The number of nitrogens with zero attached hydrogens (tertiary/aromatic N) is 1. The zero-order valence-electron chi connectivity index (χ0n) is 14.4. The highest BCUT2D eigenvalue weighted by Crippen LogP contribution is 2.39. The van der Waals surface area contributed by atoms with E-state index in [2.05, 4.69) is 16.4 Å². The Morgan fingerprint density at radius 1 is 1.33 bits per heavy atom. The molecule has 3 N–H and O–H groups in total. The van der Waals surface area contributed by atoms with E-state index in [1.807, 2.05) is 6.07 Å². The normalized spacial score (nSPS) is 16.9. The molecule has 1 aliphatic rings. The van der Waals surface area contributed by atoms with Gasteiger partial charge in [-0.2, -0.15) is 0 Å². The van der Waals surface area contributed by atoms with Crippen LogP contribution in [0.15, 0.2) is 42.6 Å². The van der Waals surface area contributed by atoms with Gasteiger partial charge in [-0.3, -0.25) is 4.98 Å². The molecule has 1 atom stereocenters. The van der Waals surface area contributed by atoms with Crippen molar-refractivity contribution in [3.8, 4) is 11.5 Å². The number of aromatic nitrogens is 1. The number of aldehydes is 1. The average Bonchev–Trinajstić information content (AvgIpc) is 3.10. The zero-order valence-corrected chi connectivity index (χ0v) is 15.3. The van der Waals surface area contributed by atoms with Crippen LogP contribution in [0.3, 0.4) is 0 Å². The molecular formula is C20H18FN3O2S. The van der Waals surface area contributed by atoms with E-state index < -0.39 is 5.82 Å². The largest absolute Gasteiger partial charge is 0.453 e. The number of thiophene rings is 1. The lowest BCUT2D eigenvalue weighted by molar-refractivity contribution is -0.108. The molecule has 1 aromatic carbocycles. The smallest absolute Gasteiger partial charge is 0.167 e. The van der Waals surface area contributed by atoms with Crippen LogP contribution in [0.25, 0.3) is 15.8 Å². The summed E-state index contributed by atoms with van der Waals surface area (Å²) in [6.07, 6.45) is 6.01. The Bertz CT molecular complexity index is 1030. The predicted octanol–water partition coefficient (Wildman–Crippen LogP) is 4.14. The van der Waals surface area contributed by atoms with Crippen LogP contribution in [0.4, 0.5) is 10.1 Å². The van der Waals surface area contributed by atoms with Gasteiger partial charge in [0.05, 0.1) is 10.2 Å². The van der Waals surface area contributed by atoms with E-state index in [1.165, 1.54) is 17.7 Å². The summed E-state index contributed by atoms with van der Waals surface area (Å²) in [7, 11) is 0. The number of nitrogens with two attached hydrogens (primary N) is 1. The Labute approximate surface area is 159 Å². The maximum absolute atomic E-state index is 14.1. The summed E-state index contributed by atoms with van der Waals surface area (Å²) in [5.41, 5.74) is 7.93. The summed E-state index contributed by atoms with van der Waals surface area (Å²) in [6, 6.07) is 8.16. The molecule has 1 aliphatic heterocycles. The predicted molar refractivity (Wildman–Crippen MR) is 106 cm³/mol. The van der Waals surface area contributed by atoms with Crippen molar-refractivity contribution in [2.75, 3.05) is 12.3 Å². The maximum atomic E-state index is 14.1. The Morgan fingerprint density at radius 2 is 2.22 bits per heavy atom. The van der Waals surface area contributed by atoms with Crippen molar-refractivity contribution in [1.82, 2.24) is 10.3 Å². The Balaban J connectivity index is 1.69. The van der Waals surface area contributed by atoms with Crippen molar-refractivity contribution in [3.05, 3.63) is 53.3 Å². The van der Waals surface area contributed by atoms with E-state index in [-0.39, 0.29) is 11.8 Å². The molecule has 0 amide bonds. The summed E-state index contributed by atoms with van der Waals surface area (Å²) in [6.45, 7) is 0.825. The fourth-order valence-corrected chi connectivity index (χ4v) is 4.23. The van der Waals surface area contributed by atoms with E-state index in [9.17, 15) is 9.18 Å². The minimum atomic E-state index is -0.505. The van der Waals surface area contributed by atoms with Gasteiger partial charge in [-0.15, -0.1) is 11.3 Å². The van der Waals surface area contributed by atoms with Crippen LogP contribution in [-0.4, -0.2) is 23.9 Å². The van der Waals surface area contributed by atoms with Gasteiger partial charge in [0, 0.05) is 41.4 Å². The Morgan fingerprint density at radius 3 is 3.04 bits per heavy atom. The molecule has 2 aromatic heterocycles. The van der Waals surface area contributed by atoms with Crippen molar-refractivity contribution in [2.24, 2.45) is 0 Å². The van der Waals surface area contributed by atoms with Gasteiger partial charge < -0.3 is 20.6 Å². The first-order valence-electron chi connectivity index (χ1n) is 8.63. The lowest BCUT2D eigenvalue weighted by Crippen LogP contribution is -2.32. The van der Waals surface area contributed by atoms with Crippen LogP contribution in [0, 0.1) is 5.82 Å². The number of anilines is 1. The molecule has 0 aliphatic carbocycles. The number of halogens is 1. The maximum Gasteiger partial charge on any atom is 0.167 e. The van der Waals surface area contributed by atoms with E-state index in [0.29, 0.717) is 17.9 Å². The van der Waals surface area contributed by atoms with Crippen LogP contribution < -0.4 is 15.8 Å². The third-order valence-electron chi connectivity index (χ3n) is 4.42. The van der Waals surface area contributed by atoms with Gasteiger partial charge in [0.25, 0.3) is 0 Å². The quantitative estimate of drug-likeness (QED) is 0.511. The second-order valence-corrected chi connectivity index (χ2v) is 7.38. The number of ether oxygens (including phenoxy) is 1. The van der Waals surface area contributed by atoms with E-state index in [0.717, 1.165) is 34.3 Å². The summed E-state index contributed by atoms with van der Waals surface area (Å²) >= 11 is 1.56. The monoisotopic (exact) mass is 383 g/mol. The molecule has 27 heavy (non-hydrogen) atoms. The van der Waals surface area contributed by atoms with Gasteiger partial charge >= 0.3 is 0 Å². The van der Waals surface area contributed by atoms with Crippen molar-refractivity contribution in [2.45, 2.75) is 18.9 Å². The van der Waals surface area contributed by atoms with Gasteiger partial charge in [-0.1, -0.05) is 6.08 Å². The Kier molecular flexibility index (Phi) is 4.87. The highest BCUT2D eigenvalue weighted by molar-refractivity contribution is 7.20. The first kappa shape index (κ1) is 17.6. The molecule has 0 bridgehead atoms. The Hall–Kier alpha value is -2.77. The standard InChI is InChI=1S/C20H18FN3O2S/c21-15-10-13(22)1-2-17(15)26-18-4-7-24-16-11-19(27-20(16)18)12-3-6-23-14(9-12)5-8-25/h1-2,4,7-11,14,23H,3,5-6,22H2. The number of fused-ring (bicyclic) bond motifs is 1. The molecule has 3 heterocycles. The summed E-state index contributed by atoms with van der Waals surface area (Å²) < 4.78 is 20.7. The summed E-state index contributed by atoms with van der Waals surface area (Å²) in [5.74, 6) is 0.173. The molecule has 0 spiro atoms. The molecule has 1 unspecified atom stereocenters. The van der Waals surface area contributed by atoms with E-state index in [1.54, 1.807) is 29.7 Å². The van der Waals surface area contributed by atoms with Crippen molar-refractivity contribution in [3.63, 3.8) is 0 Å². The molecule has 4 rings (SSSR count). The average molecular weight is 383 g/mol. The van der Waals surface area contributed by atoms with E-state index in [4.69, 9.17) is 10.5 Å². The first-order chi connectivity index (χ1) is 13.1. The number of benzene rings is 1. The molecule has 0 fully saturated rings. The molecule has 0 radical (unpaired) electrons. The van der Waals surface area contributed by atoms with Crippen LogP contribution in [0.1, 0.15) is 17.7 Å². The fourth-order valence-electron chi connectivity index (χ4n) is 3.11. The van der Waals surface area contributed by atoms with Gasteiger partial charge in [-0.25, -0.2) is 4.39 Å². The van der Waals surface area contributed by atoms with Crippen LogP contribution >= 0.6 is 11.3 Å². The minimum Gasteiger partial charge on any atom is -0.453 e. The van der Waals surface area contributed by atoms with Crippen molar-refractivity contribution < 1.29 is 13.9 Å². The number of nitrogens with one attached hydrogen (secondary N) is 1. The highest BCUT2D eigenvalue weighted by Gasteiger charge is 2.17. The number of hydrogen-bond donors (Lipinski definition) is 2. The fraction of sp³-hybridized carbons (Fsp3) is 0.200. The number of hydrogen-bond acceptors (Lipinski definition) is 6. The third-order valence-corrected chi connectivity index (χ3v) is 5.64. The third kappa shape index (κ3) is 3.70. The van der Waals surface area contributed by atoms with E-state index >= 15 is 0 Å². The topological polar surface area (TPSA) is 77.2 Å². The molecule has 0 saturated heterocycles. The number of nitrogen functional groups attached to an aromatic ring is 1. The number of rotatable bonds is 5. The number of carbonyl (C=O) groups excluding carboxylic acids is 1. The summed E-state index contributed by atoms with van der Waals surface area (Å²) in [5, 5.41) is 3.31. The summed E-state index contributed by atoms with van der Waals surface area (Å²) in [4.78, 5) is 16.3. The van der Waals surface area contributed by atoms with Gasteiger partial charge in [0.1, 0.15) is 12.0 Å². The second-order valence-electron chi connectivity index (χ2n) is 6.33. The lowest BCUT2D eigenvalue weighted by Gasteiger charge is -2.20. The molecule has 0 saturated carbocycles. The lowest BCUT2D eigenvalue weighted by atomic mass is 10.0. The van der Waals surface area contributed by atoms with Crippen LogP contribution in [0.5, 0.6) is 11.5 Å². The second kappa shape index (κ2) is 7.46. The van der Waals surface area contributed by atoms with Crippen molar-refractivity contribution >= 4 is 39.1 Å². The minimum absolute atomic E-state index is 0.0593. The SMILES string of the molecule is Nc1ccc(Oc2ccnc3cc(C4=CC(CC=O)NCC4)sc23)c(F)c1. The van der Waals surface area contributed by atoms with Crippen molar-refractivity contribution in [1.29, 1.82) is 0 Å². The molecule has 5 nitrogen and oxygen atoms in total. The van der Waals surface area contributed by atoms with Crippen LogP contribution in [-0.2, 0) is 4.79 Å².